The molecule has 0 spiro atoms. The number of rotatable bonds is 9. The molecule has 1 rings (SSSR count). The smallest absolute Gasteiger partial charge is 0.150 e. The summed E-state index contributed by atoms with van der Waals surface area (Å²) < 4.78 is 28.7. The van der Waals surface area contributed by atoms with E-state index in [0.717, 1.165) is 45.6 Å². The van der Waals surface area contributed by atoms with Gasteiger partial charge in [0.05, 0.1) is 19.0 Å². The zero-order valence-corrected chi connectivity index (χ0v) is 14.8. The second kappa shape index (κ2) is 8.46. The van der Waals surface area contributed by atoms with E-state index in [1.807, 2.05) is 7.05 Å². The predicted molar refractivity (Wildman–Crippen MR) is 87.5 cm³/mol. The zero-order chi connectivity index (χ0) is 15.9. The number of hydrogen-bond acceptors (Lipinski definition) is 5. The number of hydrogen-bond donors (Lipinski definition) is 1. The second-order valence-corrected chi connectivity index (χ2v) is 8.50. The molecule has 1 saturated heterocycles. The summed E-state index contributed by atoms with van der Waals surface area (Å²) in [5.41, 5.74) is 0.0501. The van der Waals surface area contributed by atoms with Gasteiger partial charge in [0, 0.05) is 30.4 Å². The molecule has 2 unspecified atom stereocenters. The van der Waals surface area contributed by atoms with E-state index in [-0.39, 0.29) is 11.3 Å². The van der Waals surface area contributed by atoms with Gasteiger partial charge < -0.3 is 10.1 Å². The van der Waals surface area contributed by atoms with Crippen molar-refractivity contribution in [2.24, 2.45) is 0 Å². The molecule has 0 aromatic heterocycles. The van der Waals surface area contributed by atoms with E-state index < -0.39 is 9.84 Å². The van der Waals surface area contributed by atoms with E-state index in [2.05, 4.69) is 24.1 Å². The summed E-state index contributed by atoms with van der Waals surface area (Å²) in [4.78, 5) is 2.49. The summed E-state index contributed by atoms with van der Waals surface area (Å²) in [7, 11) is -0.882. The van der Waals surface area contributed by atoms with Gasteiger partial charge in [0.2, 0.25) is 0 Å². The fraction of sp³-hybridized carbons (Fsp3) is 1.00. The molecule has 0 aromatic carbocycles. The van der Waals surface area contributed by atoms with Crippen LogP contribution in [0.15, 0.2) is 0 Å². The van der Waals surface area contributed by atoms with E-state index in [1.54, 1.807) is 6.92 Å². The molecule has 1 heterocycles. The summed E-state index contributed by atoms with van der Waals surface area (Å²) in [5.74, 6) is 0.538. The SMILES string of the molecule is CCC(C)(C(CCCS(=O)(=O)CC)NC)N1CCOCC1. The number of nitrogens with one attached hydrogen (secondary N) is 1. The Balaban J connectivity index is 2.65. The third kappa shape index (κ3) is 5.20. The second-order valence-electron chi connectivity index (χ2n) is 6.03. The van der Waals surface area contributed by atoms with Crippen LogP contribution in [0.2, 0.25) is 0 Å². The molecule has 1 N–H and O–H groups in total. The van der Waals surface area contributed by atoms with Gasteiger partial charge in [-0.05, 0) is 33.2 Å². The minimum atomic E-state index is -2.86. The van der Waals surface area contributed by atoms with Gasteiger partial charge in [-0.25, -0.2) is 8.42 Å². The molecule has 5 nitrogen and oxygen atoms in total. The summed E-state index contributed by atoms with van der Waals surface area (Å²) in [5, 5.41) is 3.42. The third-order valence-corrected chi connectivity index (χ3v) is 6.73. The maximum atomic E-state index is 11.6. The lowest BCUT2D eigenvalue weighted by Gasteiger charge is -2.48. The van der Waals surface area contributed by atoms with Crippen molar-refractivity contribution in [3.05, 3.63) is 0 Å². The number of nitrogens with zero attached hydrogens (tertiary/aromatic N) is 1. The van der Waals surface area contributed by atoms with Gasteiger partial charge in [0.25, 0.3) is 0 Å². The van der Waals surface area contributed by atoms with Crippen LogP contribution >= 0.6 is 0 Å². The average molecular weight is 320 g/mol. The fourth-order valence-corrected chi connectivity index (χ4v) is 4.08. The van der Waals surface area contributed by atoms with Crippen molar-refractivity contribution in [3.63, 3.8) is 0 Å². The number of sulfone groups is 1. The molecule has 0 bridgehead atoms. The third-order valence-electron chi connectivity index (χ3n) is 4.94. The number of likely N-dealkylation sites (N-methyl/N-ethyl adjacent to an activating group) is 1. The van der Waals surface area contributed by atoms with Crippen LogP contribution in [0.25, 0.3) is 0 Å². The first-order chi connectivity index (χ1) is 9.89. The van der Waals surface area contributed by atoms with E-state index in [1.165, 1.54) is 0 Å². The Morgan fingerprint density at radius 1 is 1.29 bits per heavy atom. The topological polar surface area (TPSA) is 58.6 Å². The van der Waals surface area contributed by atoms with Gasteiger partial charge >= 0.3 is 0 Å². The molecular formula is C15H32N2O3S. The molecule has 0 aromatic rings. The fourth-order valence-electron chi connectivity index (χ4n) is 3.18. The van der Waals surface area contributed by atoms with Gasteiger partial charge in [0.1, 0.15) is 9.84 Å². The lowest BCUT2D eigenvalue weighted by Crippen LogP contribution is -2.61. The quantitative estimate of drug-likeness (QED) is 0.694. The van der Waals surface area contributed by atoms with Crippen molar-refractivity contribution in [1.82, 2.24) is 10.2 Å². The van der Waals surface area contributed by atoms with Crippen LogP contribution in [0.5, 0.6) is 0 Å². The Hall–Kier alpha value is -0.170. The molecule has 0 aliphatic carbocycles. The molecule has 21 heavy (non-hydrogen) atoms. The van der Waals surface area contributed by atoms with Gasteiger partial charge in [0.15, 0.2) is 0 Å². The van der Waals surface area contributed by atoms with Crippen molar-refractivity contribution in [1.29, 1.82) is 0 Å². The standard InChI is InChI=1S/C15H32N2O3S/c1-5-15(3,17-9-11-20-12-10-17)14(16-4)8-7-13-21(18,19)6-2/h14,16H,5-13H2,1-4H3. The largest absolute Gasteiger partial charge is 0.379 e. The molecule has 1 fully saturated rings. The van der Waals surface area contributed by atoms with Gasteiger partial charge in [-0.3, -0.25) is 4.90 Å². The first kappa shape index (κ1) is 18.9. The lowest BCUT2D eigenvalue weighted by molar-refractivity contribution is -0.0324. The van der Waals surface area contributed by atoms with Crippen LogP contribution < -0.4 is 5.32 Å². The lowest BCUT2D eigenvalue weighted by atomic mass is 9.84. The number of morpholine rings is 1. The van der Waals surface area contributed by atoms with Crippen LogP contribution in [0.3, 0.4) is 0 Å². The van der Waals surface area contributed by atoms with Crippen molar-refractivity contribution < 1.29 is 13.2 Å². The van der Waals surface area contributed by atoms with Crippen LogP contribution in [0, 0.1) is 0 Å². The summed E-state index contributed by atoms with van der Waals surface area (Å²) in [6.07, 6.45) is 2.65. The maximum Gasteiger partial charge on any atom is 0.150 e. The Bertz CT molecular complexity index is 394. The summed E-state index contributed by atoms with van der Waals surface area (Å²) in [6, 6.07) is 0.299. The maximum absolute atomic E-state index is 11.6. The van der Waals surface area contributed by atoms with Crippen molar-refractivity contribution in [2.75, 3.05) is 44.9 Å². The van der Waals surface area contributed by atoms with E-state index in [4.69, 9.17) is 4.74 Å². The predicted octanol–water partition coefficient (Wildman–Crippen LogP) is 1.29. The molecular weight excluding hydrogens is 288 g/mol. The van der Waals surface area contributed by atoms with Gasteiger partial charge in [-0.15, -0.1) is 0 Å². The Labute approximate surface area is 130 Å². The highest BCUT2D eigenvalue weighted by atomic mass is 32.2. The van der Waals surface area contributed by atoms with Gasteiger partial charge in [-0.2, -0.15) is 0 Å². The highest BCUT2D eigenvalue weighted by Gasteiger charge is 2.37. The molecule has 0 amide bonds. The Kier molecular flexibility index (Phi) is 7.60. The van der Waals surface area contributed by atoms with Crippen LogP contribution in [-0.4, -0.2) is 69.8 Å². The highest BCUT2D eigenvalue weighted by Crippen LogP contribution is 2.27. The molecule has 1 aliphatic rings. The normalized spacial score (nSPS) is 21.9. The monoisotopic (exact) mass is 320 g/mol. The van der Waals surface area contributed by atoms with E-state index in [0.29, 0.717) is 11.8 Å². The Morgan fingerprint density at radius 3 is 2.38 bits per heavy atom. The average Bonchev–Trinajstić information content (AvgIpc) is 2.51. The molecule has 126 valence electrons. The van der Waals surface area contributed by atoms with Crippen LogP contribution in [0.1, 0.15) is 40.0 Å². The highest BCUT2D eigenvalue weighted by molar-refractivity contribution is 7.91. The van der Waals surface area contributed by atoms with E-state index >= 15 is 0 Å². The minimum absolute atomic E-state index is 0.0501. The molecule has 0 radical (unpaired) electrons. The first-order valence-corrected chi connectivity index (χ1v) is 9.92. The van der Waals surface area contributed by atoms with Crippen molar-refractivity contribution in [2.45, 2.75) is 51.6 Å². The van der Waals surface area contributed by atoms with Crippen LogP contribution in [-0.2, 0) is 14.6 Å². The van der Waals surface area contributed by atoms with Gasteiger partial charge in [-0.1, -0.05) is 13.8 Å². The van der Waals surface area contributed by atoms with Crippen molar-refractivity contribution in [3.8, 4) is 0 Å². The van der Waals surface area contributed by atoms with E-state index in [9.17, 15) is 8.42 Å². The number of ether oxygens (including phenoxy) is 1. The molecule has 6 heteroatoms. The van der Waals surface area contributed by atoms with Crippen molar-refractivity contribution >= 4 is 9.84 Å². The summed E-state index contributed by atoms with van der Waals surface area (Å²) >= 11 is 0. The molecule has 0 saturated carbocycles. The first-order valence-electron chi connectivity index (χ1n) is 8.10. The summed E-state index contributed by atoms with van der Waals surface area (Å²) in [6.45, 7) is 9.70. The molecule has 1 aliphatic heterocycles. The molecule has 2 atom stereocenters. The minimum Gasteiger partial charge on any atom is -0.379 e. The zero-order valence-electron chi connectivity index (χ0n) is 14.0. The van der Waals surface area contributed by atoms with Crippen LogP contribution in [0.4, 0.5) is 0 Å². The Morgan fingerprint density at radius 2 is 1.90 bits per heavy atom.